The average Bonchev–Trinajstić information content (AvgIpc) is 3.22. The zero-order valence-electron chi connectivity index (χ0n) is 15.2. The summed E-state index contributed by atoms with van der Waals surface area (Å²) in [6.45, 7) is 9.69. The van der Waals surface area contributed by atoms with Crippen molar-refractivity contribution in [3.05, 3.63) is 23.7 Å². The quantitative estimate of drug-likeness (QED) is 0.835. The van der Waals surface area contributed by atoms with Crippen LogP contribution in [0.15, 0.2) is 16.5 Å². The first-order valence-corrected chi connectivity index (χ1v) is 8.51. The van der Waals surface area contributed by atoms with E-state index in [9.17, 15) is 9.59 Å². The highest BCUT2D eigenvalue weighted by Crippen LogP contribution is 2.39. The molecule has 0 aliphatic heterocycles. The monoisotopic (exact) mass is 336 g/mol. The van der Waals surface area contributed by atoms with Gasteiger partial charge in [-0.05, 0) is 58.6 Å². The van der Waals surface area contributed by atoms with Gasteiger partial charge in [0.05, 0.1) is 5.54 Å². The Kier molecular flexibility index (Phi) is 5.26. The second-order valence-corrected chi connectivity index (χ2v) is 7.62. The molecular weight excluding hydrogens is 308 g/mol. The van der Waals surface area contributed by atoms with E-state index in [1.807, 2.05) is 40.7 Å². The minimum atomic E-state index is -0.548. The van der Waals surface area contributed by atoms with Crippen LogP contribution in [0.4, 0.5) is 4.79 Å². The minimum absolute atomic E-state index is 0.255. The van der Waals surface area contributed by atoms with E-state index in [-0.39, 0.29) is 5.91 Å². The number of carbonyl (C=O) groups excluding carboxylic acids is 2. The van der Waals surface area contributed by atoms with E-state index in [4.69, 9.17) is 9.15 Å². The Morgan fingerprint density at radius 1 is 1.25 bits per heavy atom. The van der Waals surface area contributed by atoms with Crippen molar-refractivity contribution in [1.82, 2.24) is 10.6 Å². The highest BCUT2D eigenvalue weighted by molar-refractivity contribution is 5.92. The molecule has 1 aliphatic rings. The summed E-state index contributed by atoms with van der Waals surface area (Å²) < 4.78 is 10.8. The van der Waals surface area contributed by atoms with Crippen molar-refractivity contribution in [2.24, 2.45) is 5.92 Å². The number of ether oxygens (including phenoxy) is 1. The molecule has 0 saturated heterocycles. The molecule has 0 spiro atoms. The van der Waals surface area contributed by atoms with Crippen LogP contribution in [-0.4, -0.2) is 29.7 Å². The van der Waals surface area contributed by atoms with Crippen LogP contribution in [0.25, 0.3) is 0 Å². The molecule has 1 fully saturated rings. The number of nitrogens with one attached hydrogen (secondary N) is 2. The molecule has 0 aromatic carbocycles. The average molecular weight is 336 g/mol. The third-order valence-corrected chi connectivity index (χ3v) is 4.11. The number of hydrogen-bond acceptors (Lipinski definition) is 4. The highest BCUT2D eigenvalue weighted by Gasteiger charge is 2.43. The Morgan fingerprint density at radius 2 is 1.92 bits per heavy atom. The van der Waals surface area contributed by atoms with Crippen molar-refractivity contribution in [1.29, 1.82) is 0 Å². The molecule has 2 rings (SSSR count). The van der Waals surface area contributed by atoms with Crippen LogP contribution >= 0.6 is 0 Å². The van der Waals surface area contributed by atoms with Crippen molar-refractivity contribution in [3.8, 4) is 0 Å². The molecule has 24 heavy (non-hydrogen) atoms. The molecular formula is C18H28N2O4. The fourth-order valence-electron chi connectivity index (χ4n) is 2.59. The molecule has 1 aromatic heterocycles. The fraction of sp³-hybridized carbons (Fsp3) is 0.667. The lowest BCUT2D eigenvalue weighted by Crippen LogP contribution is -2.55. The first kappa shape index (κ1) is 18.4. The van der Waals surface area contributed by atoms with Crippen molar-refractivity contribution < 1.29 is 18.7 Å². The lowest BCUT2D eigenvalue weighted by atomic mass is 9.95. The van der Waals surface area contributed by atoms with Crippen LogP contribution in [0.1, 0.15) is 63.8 Å². The lowest BCUT2D eigenvalue weighted by Gasteiger charge is -2.31. The van der Waals surface area contributed by atoms with Crippen LogP contribution in [-0.2, 0) is 11.2 Å². The normalized spacial score (nSPS) is 17.0. The summed E-state index contributed by atoms with van der Waals surface area (Å²) in [6, 6.07) is 3.49. The SMILES string of the molecule is CCc1ccc(C(=O)NC(C)(CNC(=O)OC(C)(C)C)C2CC2)o1. The molecule has 1 saturated carbocycles. The molecule has 6 nitrogen and oxygen atoms in total. The van der Waals surface area contributed by atoms with Gasteiger partial charge in [-0.1, -0.05) is 6.92 Å². The number of aryl methyl sites for hydroxylation is 1. The van der Waals surface area contributed by atoms with Gasteiger partial charge in [0.15, 0.2) is 5.76 Å². The van der Waals surface area contributed by atoms with E-state index in [0.29, 0.717) is 18.2 Å². The van der Waals surface area contributed by atoms with Crippen molar-refractivity contribution >= 4 is 12.0 Å². The number of furan rings is 1. The first-order valence-electron chi connectivity index (χ1n) is 8.51. The topological polar surface area (TPSA) is 80.6 Å². The standard InChI is InChI=1S/C18H28N2O4/c1-6-13-9-10-14(23-13)15(21)20-18(5,12-7-8-12)11-19-16(22)24-17(2,3)4/h9-10,12H,6-8,11H2,1-5H3,(H,19,22)(H,20,21). The maximum absolute atomic E-state index is 12.4. The van der Waals surface area contributed by atoms with E-state index in [0.717, 1.165) is 25.0 Å². The molecule has 1 atom stereocenters. The van der Waals surface area contributed by atoms with Gasteiger partial charge in [0, 0.05) is 13.0 Å². The third-order valence-electron chi connectivity index (χ3n) is 4.11. The molecule has 1 heterocycles. The number of carbonyl (C=O) groups is 2. The van der Waals surface area contributed by atoms with Crippen LogP contribution < -0.4 is 10.6 Å². The zero-order chi connectivity index (χ0) is 18.0. The van der Waals surface area contributed by atoms with Gasteiger partial charge in [-0.25, -0.2) is 4.79 Å². The largest absolute Gasteiger partial charge is 0.456 e. The second-order valence-electron chi connectivity index (χ2n) is 7.62. The summed E-state index contributed by atoms with van der Waals surface area (Å²) in [4.78, 5) is 24.3. The number of alkyl carbamates (subject to hydrolysis) is 1. The molecule has 1 aliphatic carbocycles. The molecule has 0 radical (unpaired) electrons. The van der Waals surface area contributed by atoms with Crippen LogP contribution in [0.3, 0.4) is 0 Å². The van der Waals surface area contributed by atoms with E-state index < -0.39 is 17.2 Å². The van der Waals surface area contributed by atoms with E-state index in [1.54, 1.807) is 6.07 Å². The predicted molar refractivity (Wildman–Crippen MR) is 90.9 cm³/mol. The van der Waals surface area contributed by atoms with Crippen molar-refractivity contribution in [3.63, 3.8) is 0 Å². The molecule has 6 heteroatoms. The molecule has 134 valence electrons. The van der Waals surface area contributed by atoms with Crippen molar-refractivity contribution in [2.75, 3.05) is 6.54 Å². The van der Waals surface area contributed by atoms with E-state index >= 15 is 0 Å². The first-order chi connectivity index (χ1) is 11.1. The summed E-state index contributed by atoms with van der Waals surface area (Å²) in [6.07, 6.45) is 2.33. The smallest absolute Gasteiger partial charge is 0.407 e. The maximum Gasteiger partial charge on any atom is 0.407 e. The molecule has 1 unspecified atom stereocenters. The predicted octanol–water partition coefficient (Wildman–Crippen LogP) is 3.27. The summed E-state index contributed by atoms with van der Waals surface area (Å²) in [5.74, 6) is 1.17. The Balaban J connectivity index is 1.97. The summed E-state index contributed by atoms with van der Waals surface area (Å²) in [5.41, 5.74) is -1.07. The van der Waals surface area contributed by atoms with Gasteiger partial charge < -0.3 is 19.8 Å². The summed E-state index contributed by atoms with van der Waals surface area (Å²) in [7, 11) is 0. The Labute approximate surface area is 143 Å². The summed E-state index contributed by atoms with van der Waals surface area (Å²) in [5, 5.41) is 5.79. The molecule has 1 aromatic rings. The third kappa shape index (κ3) is 5.01. The van der Waals surface area contributed by atoms with Gasteiger partial charge in [0.25, 0.3) is 5.91 Å². The Bertz CT molecular complexity index is 598. The molecule has 0 bridgehead atoms. The Hall–Kier alpha value is -1.98. The second kappa shape index (κ2) is 6.87. The minimum Gasteiger partial charge on any atom is -0.456 e. The van der Waals surface area contributed by atoms with Gasteiger partial charge in [-0.15, -0.1) is 0 Å². The molecule has 2 N–H and O–H groups in total. The van der Waals surface area contributed by atoms with Gasteiger partial charge in [0.2, 0.25) is 0 Å². The van der Waals surface area contributed by atoms with Crippen LogP contribution in [0.5, 0.6) is 0 Å². The number of rotatable bonds is 6. The van der Waals surface area contributed by atoms with Gasteiger partial charge in [-0.2, -0.15) is 0 Å². The van der Waals surface area contributed by atoms with E-state index in [2.05, 4.69) is 10.6 Å². The number of hydrogen-bond donors (Lipinski definition) is 2. The maximum atomic E-state index is 12.4. The molecule has 2 amide bonds. The van der Waals surface area contributed by atoms with Crippen LogP contribution in [0.2, 0.25) is 0 Å². The van der Waals surface area contributed by atoms with Crippen LogP contribution in [0, 0.1) is 5.92 Å². The Morgan fingerprint density at radius 3 is 2.42 bits per heavy atom. The lowest BCUT2D eigenvalue weighted by molar-refractivity contribution is 0.0502. The highest BCUT2D eigenvalue weighted by atomic mass is 16.6. The summed E-state index contributed by atoms with van der Waals surface area (Å²) >= 11 is 0. The van der Waals surface area contributed by atoms with Gasteiger partial charge in [0.1, 0.15) is 11.4 Å². The number of amides is 2. The van der Waals surface area contributed by atoms with Crippen molar-refractivity contribution in [2.45, 2.75) is 65.0 Å². The zero-order valence-corrected chi connectivity index (χ0v) is 15.2. The fourth-order valence-corrected chi connectivity index (χ4v) is 2.59. The van der Waals surface area contributed by atoms with E-state index in [1.165, 1.54) is 0 Å². The van der Waals surface area contributed by atoms with Gasteiger partial charge >= 0.3 is 6.09 Å². The van der Waals surface area contributed by atoms with Gasteiger partial charge in [-0.3, -0.25) is 4.79 Å².